The van der Waals surface area contributed by atoms with Gasteiger partial charge in [-0.1, -0.05) is 30.3 Å². The van der Waals surface area contributed by atoms with Crippen molar-refractivity contribution in [2.75, 3.05) is 0 Å². The maximum Gasteiger partial charge on any atom is 0.0794 e. The summed E-state index contributed by atoms with van der Waals surface area (Å²) in [6.07, 6.45) is 2.16. The first-order chi connectivity index (χ1) is 8.75. The monoisotopic (exact) mass is 262 g/mol. The fraction of sp³-hybridized carbons (Fsp3) is 0.357. The minimum atomic E-state index is -0.375. The number of thiazole rings is 1. The molecule has 1 aromatic heterocycles. The Kier molecular flexibility index (Phi) is 4.87. The number of nitrogens with one attached hydrogen (secondary N) is 1. The van der Waals surface area contributed by atoms with Gasteiger partial charge in [0.15, 0.2) is 0 Å². The molecule has 2 atom stereocenters. The van der Waals surface area contributed by atoms with Crippen LogP contribution >= 0.6 is 11.3 Å². The molecule has 0 aliphatic carbocycles. The van der Waals surface area contributed by atoms with Crippen molar-refractivity contribution < 1.29 is 5.11 Å². The Labute approximate surface area is 112 Å². The van der Waals surface area contributed by atoms with Crippen LogP contribution in [0, 0.1) is 0 Å². The lowest BCUT2D eigenvalue weighted by Gasteiger charge is -2.20. The van der Waals surface area contributed by atoms with E-state index in [0.29, 0.717) is 6.42 Å². The van der Waals surface area contributed by atoms with E-state index in [9.17, 15) is 5.11 Å². The molecule has 3 nitrogen and oxygen atoms in total. The molecule has 2 aromatic rings. The highest BCUT2D eigenvalue weighted by Crippen LogP contribution is 2.08. The van der Waals surface area contributed by atoms with Crippen LogP contribution in [0.15, 0.2) is 42.0 Å². The zero-order chi connectivity index (χ0) is 12.8. The van der Waals surface area contributed by atoms with Gasteiger partial charge in [0.1, 0.15) is 0 Å². The van der Waals surface area contributed by atoms with Gasteiger partial charge in [0.05, 0.1) is 11.6 Å². The molecule has 2 rings (SSSR count). The van der Waals surface area contributed by atoms with Crippen molar-refractivity contribution in [3.63, 3.8) is 0 Å². The molecule has 1 aromatic carbocycles. The molecule has 0 aliphatic rings. The first-order valence-electron chi connectivity index (χ1n) is 6.08. The number of rotatable bonds is 6. The van der Waals surface area contributed by atoms with E-state index in [-0.39, 0.29) is 12.1 Å². The zero-order valence-corrected chi connectivity index (χ0v) is 11.2. The van der Waals surface area contributed by atoms with Crippen LogP contribution in [0.3, 0.4) is 0 Å². The lowest BCUT2D eigenvalue weighted by molar-refractivity contribution is 0.134. The maximum atomic E-state index is 10.1. The second kappa shape index (κ2) is 6.64. The number of aromatic nitrogens is 1. The largest absolute Gasteiger partial charge is 0.391 e. The standard InChI is InChI=1S/C14H18N2OS/c1-11(16-9-13-8-15-10-18-13)14(17)7-12-5-3-2-4-6-12/h2-6,8,10-11,14,16-17H,7,9H2,1H3. The Hall–Kier alpha value is -1.23. The predicted molar refractivity (Wildman–Crippen MR) is 74.6 cm³/mol. The second-order valence-electron chi connectivity index (χ2n) is 4.39. The first kappa shape index (κ1) is 13.2. The van der Waals surface area contributed by atoms with Crippen molar-refractivity contribution in [2.45, 2.75) is 32.0 Å². The molecule has 0 spiro atoms. The molecule has 1 heterocycles. The summed E-state index contributed by atoms with van der Waals surface area (Å²) in [6, 6.07) is 10.1. The van der Waals surface area contributed by atoms with Crippen LogP contribution in [-0.4, -0.2) is 22.2 Å². The van der Waals surface area contributed by atoms with E-state index in [1.165, 1.54) is 4.88 Å². The van der Waals surface area contributed by atoms with Gasteiger partial charge in [-0.15, -0.1) is 11.3 Å². The van der Waals surface area contributed by atoms with Crippen LogP contribution in [-0.2, 0) is 13.0 Å². The molecule has 0 bridgehead atoms. The molecule has 4 heteroatoms. The number of nitrogens with zero attached hydrogens (tertiary/aromatic N) is 1. The van der Waals surface area contributed by atoms with Gasteiger partial charge in [0, 0.05) is 23.7 Å². The van der Waals surface area contributed by atoms with E-state index in [2.05, 4.69) is 10.3 Å². The smallest absolute Gasteiger partial charge is 0.0794 e. The SMILES string of the molecule is CC(NCc1cncs1)C(O)Cc1ccccc1. The molecule has 2 N–H and O–H groups in total. The van der Waals surface area contributed by atoms with Crippen LogP contribution in [0.4, 0.5) is 0 Å². The topological polar surface area (TPSA) is 45.2 Å². The number of benzene rings is 1. The Morgan fingerprint density at radius 2 is 2.11 bits per heavy atom. The molecule has 0 aliphatic heterocycles. The van der Waals surface area contributed by atoms with Crippen molar-refractivity contribution in [1.82, 2.24) is 10.3 Å². The third-order valence-electron chi connectivity index (χ3n) is 2.95. The van der Waals surface area contributed by atoms with Gasteiger partial charge in [0.2, 0.25) is 0 Å². The second-order valence-corrected chi connectivity index (χ2v) is 5.37. The molecule has 2 unspecified atom stereocenters. The van der Waals surface area contributed by atoms with E-state index in [1.54, 1.807) is 11.3 Å². The molecule has 0 fully saturated rings. The fourth-order valence-corrected chi connectivity index (χ4v) is 2.30. The summed E-state index contributed by atoms with van der Waals surface area (Å²) in [5.41, 5.74) is 2.98. The molecule has 18 heavy (non-hydrogen) atoms. The summed E-state index contributed by atoms with van der Waals surface area (Å²) in [4.78, 5) is 5.22. The Balaban J connectivity index is 1.80. The van der Waals surface area contributed by atoms with Crippen LogP contribution < -0.4 is 5.32 Å². The summed E-state index contributed by atoms with van der Waals surface area (Å²) >= 11 is 1.63. The van der Waals surface area contributed by atoms with Gasteiger partial charge >= 0.3 is 0 Å². The lowest BCUT2D eigenvalue weighted by Crippen LogP contribution is -2.38. The summed E-state index contributed by atoms with van der Waals surface area (Å²) in [6.45, 7) is 2.77. The molecular weight excluding hydrogens is 244 g/mol. The van der Waals surface area contributed by atoms with Crippen molar-refractivity contribution in [1.29, 1.82) is 0 Å². The molecule has 96 valence electrons. The van der Waals surface area contributed by atoms with Crippen LogP contribution in [0.2, 0.25) is 0 Å². The average Bonchev–Trinajstić information content (AvgIpc) is 2.90. The van der Waals surface area contributed by atoms with Crippen LogP contribution in [0.1, 0.15) is 17.4 Å². The van der Waals surface area contributed by atoms with Crippen molar-refractivity contribution in [3.05, 3.63) is 52.5 Å². The summed E-state index contributed by atoms with van der Waals surface area (Å²) in [7, 11) is 0. The Morgan fingerprint density at radius 3 is 2.78 bits per heavy atom. The van der Waals surface area contributed by atoms with Crippen molar-refractivity contribution >= 4 is 11.3 Å². The number of hydrogen-bond acceptors (Lipinski definition) is 4. The van der Waals surface area contributed by atoms with E-state index in [1.807, 2.05) is 49.0 Å². The fourth-order valence-electron chi connectivity index (χ4n) is 1.76. The van der Waals surface area contributed by atoms with Crippen LogP contribution in [0.5, 0.6) is 0 Å². The highest BCUT2D eigenvalue weighted by atomic mass is 32.1. The summed E-state index contributed by atoms with van der Waals surface area (Å²) < 4.78 is 0. The predicted octanol–water partition coefficient (Wildman–Crippen LogP) is 2.22. The van der Waals surface area contributed by atoms with Gasteiger partial charge in [-0.3, -0.25) is 4.98 Å². The molecule has 0 radical (unpaired) electrons. The van der Waals surface area contributed by atoms with Gasteiger partial charge in [-0.2, -0.15) is 0 Å². The maximum absolute atomic E-state index is 10.1. The Bertz CT molecular complexity index is 444. The minimum absolute atomic E-state index is 0.0623. The van der Waals surface area contributed by atoms with E-state index in [0.717, 1.165) is 12.1 Å². The number of aliphatic hydroxyl groups excluding tert-OH is 1. The molecule has 0 saturated heterocycles. The lowest BCUT2D eigenvalue weighted by atomic mass is 10.0. The quantitative estimate of drug-likeness (QED) is 0.839. The number of hydrogen-bond donors (Lipinski definition) is 2. The Morgan fingerprint density at radius 1 is 1.33 bits per heavy atom. The van der Waals surface area contributed by atoms with E-state index >= 15 is 0 Å². The van der Waals surface area contributed by atoms with E-state index in [4.69, 9.17) is 0 Å². The highest BCUT2D eigenvalue weighted by Gasteiger charge is 2.14. The summed E-state index contributed by atoms with van der Waals surface area (Å²) in [5.74, 6) is 0. The van der Waals surface area contributed by atoms with Gasteiger partial charge in [0.25, 0.3) is 0 Å². The normalized spacial score (nSPS) is 14.3. The zero-order valence-electron chi connectivity index (χ0n) is 10.4. The van der Waals surface area contributed by atoms with Gasteiger partial charge in [-0.05, 0) is 18.9 Å². The van der Waals surface area contributed by atoms with Crippen LogP contribution in [0.25, 0.3) is 0 Å². The van der Waals surface area contributed by atoms with Crippen molar-refractivity contribution in [3.8, 4) is 0 Å². The van der Waals surface area contributed by atoms with Crippen molar-refractivity contribution in [2.24, 2.45) is 0 Å². The number of aliphatic hydroxyl groups is 1. The van der Waals surface area contributed by atoms with Gasteiger partial charge in [-0.25, -0.2) is 0 Å². The molecule has 0 saturated carbocycles. The average molecular weight is 262 g/mol. The van der Waals surface area contributed by atoms with E-state index < -0.39 is 0 Å². The third-order valence-corrected chi connectivity index (χ3v) is 3.73. The third kappa shape index (κ3) is 3.91. The summed E-state index contributed by atoms with van der Waals surface area (Å²) in [5, 5.41) is 13.5. The van der Waals surface area contributed by atoms with Gasteiger partial charge < -0.3 is 10.4 Å². The molecular formula is C14H18N2OS. The molecule has 0 amide bonds. The first-order valence-corrected chi connectivity index (χ1v) is 6.96. The highest BCUT2D eigenvalue weighted by molar-refractivity contribution is 7.09. The minimum Gasteiger partial charge on any atom is -0.391 e.